The van der Waals surface area contributed by atoms with E-state index in [2.05, 4.69) is 21.2 Å². The van der Waals surface area contributed by atoms with Gasteiger partial charge in [0.25, 0.3) is 5.91 Å². The van der Waals surface area contributed by atoms with Gasteiger partial charge >= 0.3 is 11.8 Å². The lowest BCUT2D eigenvalue weighted by molar-refractivity contribution is -0.136. The standard InChI is InChI=1S/C26H26N4O7/c1-34-19-13-11-18(12-14-19)28-23(31)16-37-24-17(7-6-10-22(24)36-3)15-27-30-26(33)25(32)29-20-8-4-5-9-21(20)35-2/h4-15H,16H2,1-3H3,(H,28,31)(H,29,32)(H,30,33)/b27-15-. The fourth-order valence-corrected chi connectivity index (χ4v) is 3.10. The molecule has 0 saturated carbocycles. The molecule has 0 fully saturated rings. The number of carbonyl (C=O) groups excluding carboxylic acids is 3. The van der Waals surface area contributed by atoms with E-state index in [9.17, 15) is 14.4 Å². The minimum atomic E-state index is -0.994. The van der Waals surface area contributed by atoms with E-state index in [-0.39, 0.29) is 12.4 Å². The molecule has 0 bridgehead atoms. The number of rotatable bonds is 10. The first-order valence-electron chi connectivity index (χ1n) is 11.0. The van der Waals surface area contributed by atoms with Crippen LogP contribution in [0.5, 0.6) is 23.0 Å². The highest BCUT2D eigenvalue weighted by atomic mass is 16.5. The Bertz CT molecular complexity index is 1280. The van der Waals surface area contributed by atoms with E-state index in [0.29, 0.717) is 34.2 Å². The van der Waals surface area contributed by atoms with Gasteiger partial charge in [0, 0.05) is 11.3 Å². The van der Waals surface area contributed by atoms with Gasteiger partial charge in [-0.2, -0.15) is 5.10 Å². The van der Waals surface area contributed by atoms with E-state index in [0.717, 1.165) is 0 Å². The lowest BCUT2D eigenvalue weighted by Crippen LogP contribution is -2.32. The maximum atomic E-state index is 12.4. The number of amides is 3. The summed E-state index contributed by atoms with van der Waals surface area (Å²) in [5.41, 5.74) is 3.47. The molecular formula is C26H26N4O7. The van der Waals surface area contributed by atoms with Crippen LogP contribution in [0.3, 0.4) is 0 Å². The van der Waals surface area contributed by atoms with Crippen LogP contribution < -0.4 is 35.0 Å². The molecule has 37 heavy (non-hydrogen) atoms. The summed E-state index contributed by atoms with van der Waals surface area (Å²) in [4.78, 5) is 36.8. The maximum absolute atomic E-state index is 12.4. The molecule has 0 atom stereocenters. The smallest absolute Gasteiger partial charge is 0.329 e. The zero-order valence-corrected chi connectivity index (χ0v) is 20.4. The molecule has 3 aromatic carbocycles. The average Bonchev–Trinajstić information content (AvgIpc) is 2.92. The predicted octanol–water partition coefficient (Wildman–Crippen LogP) is 2.82. The number of methoxy groups -OCH3 is 3. The first kappa shape index (κ1) is 26.5. The quantitative estimate of drug-likeness (QED) is 0.218. The summed E-state index contributed by atoms with van der Waals surface area (Å²) in [6.45, 7) is -0.319. The number of ether oxygens (including phenoxy) is 4. The van der Waals surface area contributed by atoms with Crippen LogP contribution in [0.1, 0.15) is 5.56 Å². The van der Waals surface area contributed by atoms with E-state index in [1.807, 2.05) is 0 Å². The van der Waals surface area contributed by atoms with Crippen molar-refractivity contribution in [1.29, 1.82) is 0 Å². The average molecular weight is 507 g/mol. The zero-order chi connectivity index (χ0) is 26.6. The highest BCUT2D eigenvalue weighted by Crippen LogP contribution is 2.30. The molecule has 0 aliphatic heterocycles. The summed E-state index contributed by atoms with van der Waals surface area (Å²) in [6.07, 6.45) is 1.27. The molecule has 11 heteroatoms. The molecule has 3 rings (SSSR count). The molecule has 0 heterocycles. The predicted molar refractivity (Wildman–Crippen MR) is 137 cm³/mol. The van der Waals surface area contributed by atoms with Crippen molar-refractivity contribution in [2.75, 3.05) is 38.6 Å². The monoisotopic (exact) mass is 506 g/mol. The molecule has 3 N–H and O–H groups in total. The topological polar surface area (TPSA) is 137 Å². The number of hydrogen-bond donors (Lipinski definition) is 3. The second kappa shape index (κ2) is 13.1. The van der Waals surface area contributed by atoms with Crippen LogP contribution in [-0.2, 0) is 14.4 Å². The number of hydrazone groups is 1. The fourth-order valence-electron chi connectivity index (χ4n) is 3.10. The molecule has 0 radical (unpaired) electrons. The fraction of sp³-hybridized carbons (Fsp3) is 0.154. The van der Waals surface area contributed by atoms with Gasteiger partial charge < -0.3 is 29.6 Å². The van der Waals surface area contributed by atoms with E-state index in [1.165, 1.54) is 20.4 Å². The number of para-hydroxylation sites is 3. The van der Waals surface area contributed by atoms with Crippen molar-refractivity contribution >= 4 is 35.3 Å². The SMILES string of the molecule is COc1ccc(NC(=O)COc2c(/C=N\NC(=O)C(=O)Nc3ccccc3OC)cccc2OC)cc1. The molecule has 11 nitrogen and oxygen atoms in total. The number of anilines is 2. The van der Waals surface area contributed by atoms with Crippen molar-refractivity contribution in [3.8, 4) is 23.0 Å². The highest BCUT2D eigenvalue weighted by Gasteiger charge is 2.16. The van der Waals surface area contributed by atoms with E-state index in [4.69, 9.17) is 18.9 Å². The van der Waals surface area contributed by atoms with Gasteiger partial charge in [0.05, 0.1) is 33.2 Å². The van der Waals surface area contributed by atoms with Crippen molar-refractivity contribution in [3.05, 3.63) is 72.3 Å². The van der Waals surface area contributed by atoms with Gasteiger partial charge in [-0.25, -0.2) is 5.43 Å². The van der Waals surface area contributed by atoms with E-state index < -0.39 is 17.7 Å². The van der Waals surface area contributed by atoms with Crippen LogP contribution >= 0.6 is 0 Å². The normalized spacial score (nSPS) is 10.4. The third-order valence-electron chi connectivity index (χ3n) is 4.88. The minimum Gasteiger partial charge on any atom is -0.497 e. The first-order chi connectivity index (χ1) is 17.9. The molecule has 0 saturated heterocycles. The van der Waals surface area contributed by atoms with Crippen molar-refractivity contribution in [3.63, 3.8) is 0 Å². The Morgan fingerprint density at radius 2 is 1.49 bits per heavy atom. The van der Waals surface area contributed by atoms with Crippen molar-refractivity contribution in [2.24, 2.45) is 5.10 Å². The first-order valence-corrected chi connectivity index (χ1v) is 11.0. The summed E-state index contributed by atoms with van der Waals surface area (Å²) >= 11 is 0. The molecule has 0 aliphatic rings. The number of carbonyl (C=O) groups is 3. The van der Waals surface area contributed by atoms with Gasteiger partial charge in [-0.1, -0.05) is 18.2 Å². The summed E-state index contributed by atoms with van der Waals surface area (Å²) in [5.74, 6) is -0.684. The molecule has 0 unspecified atom stereocenters. The molecule has 192 valence electrons. The molecule has 0 aromatic heterocycles. The number of hydrogen-bond acceptors (Lipinski definition) is 8. The van der Waals surface area contributed by atoms with Crippen molar-refractivity contribution in [1.82, 2.24) is 5.43 Å². The van der Waals surface area contributed by atoms with Gasteiger partial charge in [0.15, 0.2) is 18.1 Å². The second-order valence-electron chi connectivity index (χ2n) is 7.30. The molecular weight excluding hydrogens is 480 g/mol. The third kappa shape index (κ3) is 7.46. The van der Waals surface area contributed by atoms with Gasteiger partial charge in [0.1, 0.15) is 11.5 Å². The molecule has 0 spiro atoms. The van der Waals surface area contributed by atoms with Crippen LogP contribution in [0, 0.1) is 0 Å². The largest absolute Gasteiger partial charge is 0.497 e. The number of nitrogens with one attached hydrogen (secondary N) is 3. The van der Waals surface area contributed by atoms with Crippen molar-refractivity contribution < 1.29 is 33.3 Å². The Labute approximate surface area is 213 Å². The molecule has 3 aromatic rings. The van der Waals surface area contributed by atoms with Crippen LogP contribution in [0.2, 0.25) is 0 Å². The Hall–Kier alpha value is -5.06. The minimum absolute atomic E-state index is 0.228. The summed E-state index contributed by atoms with van der Waals surface area (Å²) in [5, 5.41) is 9.00. The Balaban J connectivity index is 1.62. The van der Waals surface area contributed by atoms with Gasteiger partial charge in [-0.15, -0.1) is 0 Å². The lowest BCUT2D eigenvalue weighted by atomic mass is 10.2. The van der Waals surface area contributed by atoms with Crippen molar-refractivity contribution in [2.45, 2.75) is 0 Å². The maximum Gasteiger partial charge on any atom is 0.329 e. The number of nitrogens with zero attached hydrogens (tertiary/aromatic N) is 1. The summed E-state index contributed by atoms with van der Waals surface area (Å²) < 4.78 is 21.3. The summed E-state index contributed by atoms with van der Waals surface area (Å²) in [7, 11) is 4.45. The molecule has 0 aliphatic carbocycles. The van der Waals surface area contributed by atoms with Crippen LogP contribution in [0.25, 0.3) is 0 Å². The molecule has 3 amide bonds. The Morgan fingerprint density at radius 1 is 0.784 bits per heavy atom. The zero-order valence-electron chi connectivity index (χ0n) is 20.4. The van der Waals surface area contributed by atoms with Gasteiger partial charge in [0.2, 0.25) is 0 Å². The lowest BCUT2D eigenvalue weighted by Gasteiger charge is -2.13. The Kier molecular flexibility index (Phi) is 9.43. The van der Waals surface area contributed by atoms with Crippen LogP contribution in [0.4, 0.5) is 11.4 Å². The Morgan fingerprint density at radius 3 is 2.19 bits per heavy atom. The van der Waals surface area contributed by atoms with Gasteiger partial charge in [-0.05, 0) is 48.5 Å². The second-order valence-corrected chi connectivity index (χ2v) is 7.30. The van der Waals surface area contributed by atoms with Crippen LogP contribution in [0.15, 0.2) is 71.8 Å². The summed E-state index contributed by atoms with van der Waals surface area (Å²) in [6, 6.07) is 18.5. The van der Waals surface area contributed by atoms with Crippen LogP contribution in [-0.4, -0.2) is 51.9 Å². The van der Waals surface area contributed by atoms with E-state index >= 15 is 0 Å². The number of benzene rings is 3. The van der Waals surface area contributed by atoms with Gasteiger partial charge in [-0.3, -0.25) is 14.4 Å². The van der Waals surface area contributed by atoms with E-state index in [1.54, 1.807) is 73.8 Å². The third-order valence-corrected chi connectivity index (χ3v) is 4.88. The highest BCUT2D eigenvalue weighted by molar-refractivity contribution is 6.39.